The van der Waals surface area contributed by atoms with Crippen molar-refractivity contribution in [1.82, 2.24) is 0 Å². The summed E-state index contributed by atoms with van der Waals surface area (Å²) in [5.41, 5.74) is 2.01. The van der Waals surface area contributed by atoms with E-state index in [-0.39, 0.29) is 5.69 Å². The van der Waals surface area contributed by atoms with Crippen LogP contribution >= 0.6 is 15.9 Å². The predicted octanol–water partition coefficient (Wildman–Crippen LogP) is 4.02. The van der Waals surface area contributed by atoms with Crippen molar-refractivity contribution in [2.45, 2.75) is 6.42 Å². The summed E-state index contributed by atoms with van der Waals surface area (Å²) in [5, 5.41) is 13.9. The lowest BCUT2D eigenvalue weighted by Gasteiger charge is -2.11. The number of benzene rings is 2. The van der Waals surface area contributed by atoms with Crippen molar-refractivity contribution in [1.29, 1.82) is 0 Å². The van der Waals surface area contributed by atoms with E-state index in [1.165, 1.54) is 12.1 Å². The summed E-state index contributed by atoms with van der Waals surface area (Å²) in [6.07, 6.45) is 0.799. The zero-order valence-electron chi connectivity index (χ0n) is 11.5. The van der Waals surface area contributed by atoms with Crippen LogP contribution in [0.2, 0.25) is 0 Å². The maximum absolute atomic E-state index is 10.7. The van der Waals surface area contributed by atoms with Gasteiger partial charge in [-0.25, -0.2) is 0 Å². The van der Waals surface area contributed by atoms with Crippen LogP contribution in [0.5, 0.6) is 5.75 Å². The van der Waals surface area contributed by atoms with Gasteiger partial charge in [0.15, 0.2) is 0 Å². The number of nitro groups is 1. The summed E-state index contributed by atoms with van der Waals surface area (Å²) in [6, 6.07) is 12.5. The number of methoxy groups -OCH3 is 1. The van der Waals surface area contributed by atoms with Gasteiger partial charge in [0.1, 0.15) is 5.75 Å². The van der Waals surface area contributed by atoms with Gasteiger partial charge in [-0.3, -0.25) is 10.1 Å². The minimum atomic E-state index is -0.413. The molecule has 0 radical (unpaired) electrons. The molecule has 0 unspecified atom stereocenters. The monoisotopic (exact) mass is 350 g/mol. The van der Waals surface area contributed by atoms with Crippen LogP contribution in [0.1, 0.15) is 5.56 Å². The number of nitro benzene ring substituents is 1. The normalized spacial score (nSPS) is 10.2. The quantitative estimate of drug-likeness (QED) is 0.631. The number of hydrogen-bond acceptors (Lipinski definition) is 4. The average Bonchev–Trinajstić information content (AvgIpc) is 2.49. The Morgan fingerprint density at radius 2 is 2.05 bits per heavy atom. The molecule has 21 heavy (non-hydrogen) atoms. The summed E-state index contributed by atoms with van der Waals surface area (Å²) < 4.78 is 5.98. The zero-order chi connectivity index (χ0) is 15.2. The molecule has 2 aromatic rings. The summed E-state index contributed by atoms with van der Waals surface area (Å²) >= 11 is 3.34. The first kappa shape index (κ1) is 15.3. The van der Waals surface area contributed by atoms with E-state index in [0.29, 0.717) is 11.0 Å². The zero-order valence-corrected chi connectivity index (χ0v) is 13.1. The van der Waals surface area contributed by atoms with Crippen molar-refractivity contribution in [2.24, 2.45) is 0 Å². The lowest BCUT2D eigenvalue weighted by Crippen LogP contribution is -2.06. The highest BCUT2D eigenvalue weighted by atomic mass is 79.9. The number of hydrogen-bond donors (Lipinski definition) is 1. The molecule has 0 bridgehead atoms. The van der Waals surface area contributed by atoms with E-state index in [0.717, 1.165) is 23.4 Å². The van der Waals surface area contributed by atoms with Crippen molar-refractivity contribution in [2.75, 3.05) is 19.0 Å². The molecule has 6 heteroatoms. The van der Waals surface area contributed by atoms with Crippen molar-refractivity contribution in [3.63, 3.8) is 0 Å². The van der Waals surface area contributed by atoms with E-state index in [1.54, 1.807) is 13.2 Å². The molecular formula is C15H15BrN2O3. The van der Waals surface area contributed by atoms with Gasteiger partial charge in [-0.1, -0.05) is 18.2 Å². The Labute approximate surface area is 131 Å². The molecular weight excluding hydrogens is 336 g/mol. The molecule has 0 atom stereocenters. The molecule has 0 amide bonds. The number of anilines is 1. The fraction of sp³-hybridized carbons (Fsp3) is 0.200. The molecule has 0 saturated heterocycles. The highest BCUT2D eigenvalue weighted by Gasteiger charge is 2.09. The van der Waals surface area contributed by atoms with Crippen molar-refractivity contribution in [3.05, 3.63) is 62.6 Å². The van der Waals surface area contributed by atoms with Crippen LogP contribution in [0.15, 0.2) is 46.9 Å². The van der Waals surface area contributed by atoms with Crippen LogP contribution in [-0.2, 0) is 6.42 Å². The smallest absolute Gasteiger partial charge is 0.270 e. The van der Waals surface area contributed by atoms with Crippen molar-refractivity contribution in [3.8, 4) is 5.75 Å². The van der Waals surface area contributed by atoms with E-state index >= 15 is 0 Å². The Hall–Kier alpha value is -2.08. The van der Waals surface area contributed by atoms with E-state index in [2.05, 4.69) is 21.2 Å². The van der Waals surface area contributed by atoms with E-state index in [4.69, 9.17) is 4.74 Å². The number of rotatable bonds is 6. The van der Waals surface area contributed by atoms with Gasteiger partial charge in [0.05, 0.1) is 12.0 Å². The van der Waals surface area contributed by atoms with Gasteiger partial charge in [0.2, 0.25) is 0 Å². The van der Waals surface area contributed by atoms with Crippen molar-refractivity contribution < 1.29 is 9.66 Å². The van der Waals surface area contributed by atoms with Gasteiger partial charge < -0.3 is 10.1 Å². The Kier molecular flexibility index (Phi) is 5.16. The third-order valence-electron chi connectivity index (χ3n) is 3.07. The Balaban J connectivity index is 1.99. The van der Waals surface area contributed by atoms with E-state index in [1.807, 2.05) is 24.3 Å². The second kappa shape index (κ2) is 7.08. The Morgan fingerprint density at radius 3 is 2.71 bits per heavy atom. The van der Waals surface area contributed by atoms with Gasteiger partial charge in [-0.2, -0.15) is 0 Å². The predicted molar refractivity (Wildman–Crippen MR) is 86.0 cm³/mol. The number of nitrogens with zero attached hydrogens (tertiary/aromatic N) is 1. The van der Waals surface area contributed by atoms with Crippen LogP contribution in [0.3, 0.4) is 0 Å². The average molecular weight is 351 g/mol. The summed E-state index contributed by atoms with van der Waals surface area (Å²) in [5.74, 6) is 0.863. The minimum absolute atomic E-state index is 0.0668. The molecule has 0 aliphatic heterocycles. The number of nitrogens with one attached hydrogen (secondary N) is 1. The summed E-state index contributed by atoms with van der Waals surface area (Å²) in [4.78, 5) is 10.3. The Bertz CT molecular complexity index is 647. The molecule has 0 aromatic heterocycles. The van der Waals surface area contributed by atoms with Crippen molar-refractivity contribution >= 4 is 27.3 Å². The third kappa shape index (κ3) is 3.95. The first-order chi connectivity index (χ1) is 10.1. The Morgan fingerprint density at radius 1 is 1.29 bits per heavy atom. The number of ether oxygens (including phenoxy) is 1. The first-order valence-corrected chi connectivity index (χ1v) is 7.21. The van der Waals surface area contributed by atoms with Crippen LogP contribution in [0, 0.1) is 10.1 Å². The third-order valence-corrected chi connectivity index (χ3v) is 3.72. The second-order valence-electron chi connectivity index (χ2n) is 4.41. The molecule has 2 aromatic carbocycles. The van der Waals surface area contributed by atoms with Gasteiger partial charge in [0, 0.05) is 28.8 Å². The molecule has 0 heterocycles. The largest absolute Gasteiger partial charge is 0.496 e. The lowest BCUT2D eigenvalue weighted by atomic mass is 10.1. The van der Waals surface area contributed by atoms with Crippen LogP contribution < -0.4 is 10.1 Å². The highest BCUT2D eigenvalue weighted by Crippen LogP contribution is 2.27. The SMILES string of the molecule is COc1ccccc1CCNc1ccc([N+](=O)[O-])cc1Br. The van der Waals surface area contributed by atoms with Crippen LogP contribution in [0.4, 0.5) is 11.4 Å². The van der Waals surface area contributed by atoms with E-state index in [9.17, 15) is 10.1 Å². The summed E-state index contributed by atoms with van der Waals surface area (Å²) in [7, 11) is 1.65. The molecule has 0 spiro atoms. The van der Waals surface area contributed by atoms with E-state index < -0.39 is 4.92 Å². The minimum Gasteiger partial charge on any atom is -0.496 e. The maximum Gasteiger partial charge on any atom is 0.270 e. The van der Waals surface area contributed by atoms with Crippen LogP contribution in [-0.4, -0.2) is 18.6 Å². The molecule has 0 aliphatic rings. The van der Waals surface area contributed by atoms with Gasteiger partial charge in [-0.15, -0.1) is 0 Å². The van der Waals surface area contributed by atoms with Crippen LogP contribution in [0.25, 0.3) is 0 Å². The highest BCUT2D eigenvalue weighted by molar-refractivity contribution is 9.10. The molecule has 0 saturated carbocycles. The van der Waals surface area contributed by atoms with Gasteiger partial charge in [0.25, 0.3) is 5.69 Å². The number of non-ortho nitro benzene ring substituents is 1. The maximum atomic E-state index is 10.7. The molecule has 1 N–H and O–H groups in total. The summed E-state index contributed by atoms with van der Waals surface area (Å²) in [6.45, 7) is 0.705. The number of halogens is 1. The van der Waals surface area contributed by atoms with Gasteiger partial charge in [-0.05, 0) is 40.0 Å². The molecule has 2 rings (SSSR count). The lowest BCUT2D eigenvalue weighted by molar-refractivity contribution is -0.384. The fourth-order valence-electron chi connectivity index (χ4n) is 2.00. The standard InChI is InChI=1S/C15H15BrN2O3/c1-21-15-5-3-2-4-11(15)8-9-17-14-7-6-12(18(19)20)10-13(14)16/h2-7,10,17H,8-9H2,1H3. The molecule has 5 nitrogen and oxygen atoms in total. The fourth-order valence-corrected chi connectivity index (χ4v) is 2.51. The molecule has 0 aliphatic carbocycles. The second-order valence-corrected chi connectivity index (χ2v) is 5.26. The van der Waals surface area contributed by atoms with Gasteiger partial charge >= 0.3 is 0 Å². The number of para-hydroxylation sites is 1. The molecule has 0 fully saturated rings. The topological polar surface area (TPSA) is 64.4 Å². The molecule has 110 valence electrons. The first-order valence-electron chi connectivity index (χ1n) is 6.41.